The molecule has 0 saturated heterocycles. The maximum absolute atomic E-state index is 10.9. The number of hydrazone groups is 1. The lowest BCUT2D eigenvalue weighted by Gasteiger charge is -2.17. The Balaban J connectivity index is 1.55. The standard InChI is InChI=1S/C19H16N4O2S/c24-23(25)15-8-3-7-14(11-15)18-12-26-19(20-18)22-21-17-10-4-6-13-5-1-2-9-16(13)17/h1-3,5,7-9,11-12H,4,6,10H2,(H,20,22)/b21-17-. The molecule has 3 aromatic rings. The van der Waals surface area contributed by atoms with Gasteiger partial charge < -0.3 is 0 Å². The van der Waals surface area contributed by atoms with E-state index in [9.17, 15) is 10.1 Å². The molecule has 0 aliphatic heterocycles. The number of nitro benzene ring substituents is 1. The fraction of sp³-hybridized carbons (Fsp3) is 0.158. The van der Waals surface area contributed by atoms with Crippen molar-refractivity contribution in [1.82, 2.24) is 4.98 Å². The van der Waals surface area contributed by atoms with Crippen LogP contribution in [0.2, 0.25) is 0 Å². The third-order valence-corrected chi connectivity index (χ3v) is 5.08. The number of nitro groups is 1. The maximum atomic E-state index is 10.9. The number of nitrogens with one attached hydrogen (secondary N) is 1. The Bertz CT molecular complexity index is 996. The van der Waals surface area contributed by atoms with Gasteiger partial charge in [-0.15, -0.1) is 11.3 Å². The summed E-state index contributed by atoms with van der Waals surface area (Å²) in [5.74, 6) is 0. The molecule has 4 rings (SSSR count). The molecule has 0 unspecified atom stereocenters. The number of fused-ring (bicyclic) bond motifs is 1. The molecule has 0 atom stereocenters. The van der Waals surface area contributed by atoms with E-state index in [0.717, 1.165) is 30.5 Å². The summed E-state index contributed by atoms with van der Waals surface area (Å²) in [6.45, 7) is 0. The van der Waals surface area contributed by atoms with Crippen LogP contribution < -0.4 is 5.43 Å². The Morgan fingerprint density at radius 2 is 2.04 bits per heavy atom. The molecule has 0 radical (unpaired) electrons. The number of hydrogen-bond acceptors (Lipinski definition) is 6. The summed E-state index contributed by atoms with van der Waals surface area (Å²) in [6, 6.07) is 14.8. The first-order valence-electron chi connectivity index (χ1n) is 8.32. The van der Waals surface area contributed by atoms with E-state index in [1.54, 1.807) is 6.07 Å². The summed E-state index contributed by atoms with van der Waals surface area (Å²) in [4.78, 5) is 15.0. The molecule has 26 heavy (non-hydrogen) atoms. The summed E-state index contributed by atoms with van der Waals surface area (Å²) < 4.78 is 0. The van der Waals surface area contributed by atoms with Gasteiger partial charge in [0.05, 0.1) is 16.3 Å². The predicted molar refractivity (Wildman–Crippen MR) is 104 cm³/mol. The van der Waals surface area contributed by atoms with Crippen LogP contribution in [-0.4, -0.2) is 15.6 Å². The number of rotatable bonds is 4. The lowest BCUT2D eigenvalue weighted by atomic mass is 9.90. The molecule has 1 aromatic heterocycles. The van der Waals surface area contributed by atoms with E-state index < -0.39 is 4.92 Å². The average Bonchev–Trinajstić information content (AvgIpc) is 3.15. The van der Waals surface area contributed by atoms with Gasteiger partial charge in [0.25, 0.3) is 5.69 Å². The first kappa shape index (κ1) is 16.4. The molecule has 1 N–H and O–H groups in total. The van der Waals surface area contributed by atoms with Gasteiger partial charge in [-0.25, -0.2) is 4.98 Å². The second-order valence-corrected chi connectivity index (χ2v) is 6.88. The van der Waals surface area contributed by atoms with E-state index >= 15 is 0 Å². The highest BCUT2D eigenvalue weighted by Gasteiger charge is 2.15. The Hall–Kier alpha value is -3.06. The van der Waals surface area contributed by atoms with Crippen molar-refractivity contribution in [2.24, 2.45) is 5.10 Å². The van der Waals surface area contributed by atoms with Crippen LogP contribution >= 0.6 is 11.3 Å². The molecule has 0 fully saturated rings. The van der Waals surface area contributed by atoms with Crippen molar-refractivity contribution >= 4 is 27.9 Å². The second-order valence-electron chi connectivity index (χ2n) is 6.03. The zero-order chi connectivity index (χ0) is 17.9. The number of benzene rings is 2. The minimum atomic E-state index is -0.401. The topological polar surface area (TPSA) is 80.4 Å². The summed E-state index contributed by atoms with van der Waals surface area (Å²) >= 11 is 1.43. The Morgan fingerprint density at radius 3 is 2.92 bits per heavy atom. The largest absolute Gasteiger partial charge is 0.270 e. The van der Waals surface area contributed by atoms with Crippen molar-refractivity contribution in [3.05, 3.63) is 75.2 Å². The van der Waals surface area contributed by atoms with Crippen molar-refractivity contribution in [3.63, 3.8) is 0 Å². The summed E-state index contributed by atoms with van der Waals surface area (Å²) in [6.07, 6.45) is 3.12. The number of non-ortho nitro benzene ring substituents is 1. The average molecular weight is 364 g/mol. The van der Waals surface area contributed by atoms with Crippen molar-refractivity contribution in [2.75, 3.05) is 5.43 Å². The van der Waals surface area contributed by atoms with Gasteiger partial charge >= 0.3 is 0 Å². The number of nitrogens with zero attached hydrogens (tertiary/aromatic N) is 3. The fourth-order valence-corrected chi connectivity index (χ4v) is 3.73. The van der Waals surface area contributed by atoms with Crippen LogP contribution in [-0.2, 0) is 6.42 Å². The fourth-order valence-electron chi connectivity index (χ4n) is 3.07. The van der Waals surface area contributed by atoms with Crippen LogP contribution in [0.25, 0.3) is 11.3 Å². The highest BCUT2D eigenvalue weighted by atomic mass is 32.1. The van der Waals surface area contributed by atoms with Crippen molar-refractivity contribution in [3.8, 4) is 11.3 Å². The molecule has 0 saturated carbocycles. The van der Waals surface area contributed by atoms with Crippen molar-refractivity contribution in [2.45, 2.75) is 19.3 Å². The maximum Gasteiger partial charge on any atom is 0.270 e. The molecule has 0 amide bonds. The zero-order valence-electron chi connectivity index (χ0n) is 13.9. The molecule has 0 spiro atoms. The molecule has 1 aliphatic rings. The van der Waals surface area contributed by atoms with Crippen molar-refractivity contribution in [1.29, 1.82) is 0 Å². The SMILES string of the molecule is O=[N+]([O-])c1cccc(-c2csc(N/N=C3/CCCc4ccccc43)n2)c1. The summed E-state index contributed by atoms with van der Waals surface area (Å²) in [5.41, 5.74) is 8.09. The van der Waals surface area contributed by atoms with Gasteiger partial charge in [-0.3, -0.25) is 15.5 Å². The van der Waals surface area contributed by atoms with Crippen LogP contribution in [0.3, 0.4) is 0 Å². The molecular formula is C19H16N4O2S. The number of hydrogen-bond donors (Lipinski definition) is 1. The van der Waals surface area contributed by atoms with Crippen LogP contribution in [0.1, 0.15) is 24.0 Å². The Labute approximate surface area is 154 Å². The lowest BCUT2D eigenvalue weighted by molar-refractivity contribution is -0.384. The smallest absolute Gasteiger partial charge is 0.258 e. The van der Waals surface area contributed by atoms with Crippen LogP contribution in [0.4, 0.5) is 10.8 Å². The van der Waals surface area contributed by atoms with Gasteiger partial charge in [0.2, 0.25) is 5.13 Å². The number of aryl methyl sites for hydroxylation is 1. The monoisotopic (exact) mass is 364 g/mol. The van der Waals surface area contributed by atoms with E-state index in [0.29, 0.717) is 10.8 Å². The predicted octanol–water partition coefficient (Wildman–Crippen LogP) is 4.87. The zero-order valence-corrected chi connectivity index (χ0v) is 14.7. The third-order valence-electron chi connectivity index (χ3n) is 4.33. The van der Waals surface area contributed by atoms with Crippen molar-refractivity contribution < 1.29 is 4.92 Å². The molecule has 1 heterocycles. The molecule has 6 nitrogen and oxygen atoms in total. The van der Waals surface area contributed by atoms with Gasteiger partial charge in [-0.1, -0.05) is 36.4 Å². The second kappa shape index (κ2) is 7.05. The molecule has 1 aliphatic carbocycles. The van der Waals surface area contributed by atoms with E-state index in [2.05, 4.69) is 33.7 Å². The minimum absolute atomic E-state index is 0.0593. The van der Waals surface area contributed by atoms with E-state index in [4.69, 9.17) is 0 Å². The highest BCUT2D eigenvalue weighted by molar-refractivity contribution is 7.14. The van der Waals surface area contributed by atoms with E-state index in [1.807, 2.05) is 17.5 Å². The lowest BCUT2D eigenvalue weighted by Crippen LogP contribution is -2.13. The minimum Gasteiger partial charge on any atom is -0.258 e. The molecule has 7 heteroatoms. The van der Waals surface area contributed by atoms with Crippen LogP contribution in [0.5, 0.6) is 0 Å². The van der Waals surface area contributed by atoms with Crippen LogP contribution in [0.15, 0.2) is 59.0 Å². The van der Waals surface area contributed by atoms with Gasteiger partial charge in [0.15, 0.2) is 0 Å². The van der Waals surface area contributed by atoms with E-state index in [-0.39, 0.29) is 5.69 Å². The highest BCUT2D eigenvalue weighted by Crippen LogP contribution is 2.28. The van der Waals surface area contributed by atoms with Gasteiger partial charge in [-0.05, 0) is 24.8 Å². The molecular weight excluding hydrogens is 348 g/mol. The van der Waals surface area contributed by atoms with Gasteiger partial charge in [0, 0.05) is 28.6 Å². The summed E-state index contributed by atoms with van der Waals surface area (Å²) in [5, 5.41) is 18.0. The molecule has 0 bridgehead atoms. The number of anilines is 1. The molecule has 130 valence electrons. The van der Waals surface area contributed by atoms with Gasteiger partial charge in [-0.2, -0.15) is 5.10 Å². The van der Waals surface area contributed by atoms with Gasteiger partial charge in [0.1, 0.15) is 0 Å². The Kier molecular flexibility index (Phi) is 4.45. The first-order valence-corrected chi connectivity index (χ1v) is 9.20. The summed E-state index contributed by atoms with van der Waals surface area (Å²) in [7, 11) is 0. The number of thiazole rings is 1. The van der Waals surface area contributed by atoms with E-state index in [1.165, 1.54) is 34.6 Å². The first-order chi connectivity index (χ1) is 12.7. The third kappa shape index (κ3) is 3.34. The van der Waals surface area contributed by atoms with Crippen LogP contribution in [0, 0.1) is 10.1 Å². The normalized spacial score (nSPS) is 14.8. The molecule has 2 aromatic carbocycles. The quantitative estimate of drug-likeness (QED) is 0.529. The number of aromatic nitrogens is 1. The Morgan fingerprint density at radius 1 is 1.15 bits per heavy atom.